The lowest BCUT2D eigenvalue weighted by molar-refractivity contribution is -0.159. The lowest BCUT2D eigenvalue weighted by Crippen LogP contribution is -2.29. The van der Waals surface area contributed by atoms with Gasteiger partial charge in [-0.05, 0) is 38.5 Å². The van der Waals surface area contributed by atoms with Crippen molar-refractivity contribution in [3.05, 3.63) is 25.3 Å². The minimum Gasteiger partial charge on any atom is -0.465 e. The normalized spacial score (nSPS) is 12.7. The molecule has 4 heteroatoms. The second kappa shape index (κ2) is 20.7. The Kier molecular flexibility index (Phi) is 19.6. The molecule has 0 saturated carbocycles. The molecule has 0 saturated heterocycles. The van der Waals surface area contributed by atoms with Crippen LogP contribution >= 0.6 is 0 Å². The zero-order chi connectivity index (χ0) is 22.5. The summed E-state index contributed by atoms with van der Waals surface area (Å²) in [6, 6.07) is 0. The lowest BCUT2D eigenvalue weighted by Gasteiger charge is -2.17. The van der Waals surface area contributed by atoms with Gasteiger partial charge in [-0.1, -0.05) is 77.4 Å². The Hall–Kier alpha value is -1.58. The number of carbonyl (C=O) groups excluding carboxylic acids is 2. The first-order valence-corrected chi connectivity index (χ1v) is 12.1. The number of hydrogen-bond donors (Lipinski definition) is 0. The van der Waals surface area contributed by atoms with Crippen LogP contribution in [0.15, 0.2) is 25.3 Å². The molecule has 0 aromatic heterocycles. The van der Waals surface area contributed by atoms with E-state index in [9.17, 15) is 9.59 Å². The van der Waals surface area contributed by atoms with Crippen molar-refractivity contribution in [2.45, 2.75) is 104 Å². The number of allylic oxidation sites excluding steroid dienone is 2. The first kappa shape index (κ1) is 28.4. The van der Waals surface area contributed by atoms with Crippen molar-refractivity contribution in [3.8, 4) is 0 Å². The molecule has 0 amide bonds. The number of hydrogen-bond acceptors (Lipinski definition) is 4. The van der Waals surface area contributed by atoms with Gasteiger partial charge in [-0.2, -0.15) is 0 Å². The van der Waals surface area contributed by atoms with Crippen LogP contribution in [0.4, 0.5) is 0 Å². The summed E-state index contributed by atoms with van der Waals surface area (Å²) >= 11 is 0. The van der Waals surface area contributed by atoms with Crippen LogP contribution in [0.2, 0.25) is 0 Å². The minimum atomic E-state index is -0.471. The molecule has 0 unspecified atom stereocenters. The highest BCUT2D eigenvalue weighted by atomic mass is 16.5. The van der Waals surface area contributed by atoms with E-state index in [0.29, 0.717) is 13.2 Å². The Morgan fingerprint density at radius 2 is 0.900 bits per heavy atom. The zero-order valence-electron chi connectivity index (χ0n) is 19.7. The monoisotopic (exact) mass is 422 g/mol. The molecule has 0 fully saturated rings. The first-order chi connectivity index (χ1) is 14.5. The molecular formula is C26H46O4. The van der Waals surface area contributed by atoms with E-state index < -0.39 is 11.8 Å². The molecule has 30 heavy (non-hydrogen) atoms. The van der Waals surface area contributed by atoms with E-state index in [1.807, 2.05) is 12.2 Å². The maximum Gasteiger partial charge on any atom is 0.309 e. The van der Waals surface area contributed by atoms with Crippen molar-refractivity contribution in [3.63, 3.8) is 0 Å². The summed E-state index contributed by atoms with van der Waals surface area (Å²) in [7, 11) is 0. The van der Waals surface area contributed by atoms with Crippen LogP contribution in [0.5, 0.6) is 0 Å². The average Bonchev–Trinajstić information content (AvgIpc) is 2.75. The fourth-order valence-corrected chi connectivity index (χ4v) is 3.21. The van der Waals surface area contributed by atoms with E-state index in [2.05, 4.69) is 13.2 Å². The molecule has 4 nitrogen and oxygen atoms in total. The second-order valence-corrected chi connectivity index (χ2v) is 8.31. The third-order valence-electron chi connectivity index (χ3n) is 5.59. The van der Waals surface area contributed by atoms with Gasteiger partial charge in [0.05, 0.1) is 25.0 Å². The van der Waals surface area contributed by atoms with Gasteiger partial charge < -0.3 is 9.47 Å². The highest BCUT2D eigenvalue weighted by molar-refractivity contribution is 5.81. The maximum atomic E-state index is 12.2. The van der Waals surface area contributed by atoms with Gasteiger partial charge in [0, 0.05) is 0 Å². The summed E-state index contributed by atoms with van der Waals surface area (Å²) in [5.74, 6) is -1.54. The standard InChI is InChI=1S/C26H46O4/c1-5-7-9-11-13-15-17-19-21-29-25(27)23(3)24(4)26(28)30-22-20-18-16-14-12-10-8-6-2/h5-6,23-24H,1-2,7-22H2,3-4H3/t23-,24+. The molecule has 0 N–H and O–H groups in total. The topological polar surface area (TPSA) is 52.6 Å². The summed E-state index contributed by atoms with van der Waals surface area (Å²) in [4.78, 5) is 24.3. The van der Waals surface area contributed by atoms with Crippen LogP contribution in [0, 0.1) is 11.8 Å². The zero-order valence-corrected chi connectivity index (χ0v) is 19.7. The quantitative estimate of drug-likeness (QED) is 0.112. The van der Waals surface area contributed by atoms with Gasteiger partial charge in [0.25, 0.3) is 0 Å². The average molecular weight is 423 g/mol. The predicted molar refractivity (Wildman–Crippen MR) is 125 cm³/mol. The van der Waals surface area contributed by atoms with E-state index in [0.717, 1.165) is 38.5 Å². The summed E-state index contributed by atoms with van der Waals surface area (Å²) in [5, 5.41) is 0. The molecular weight excluding hydrogens is 376 g/mol. The van der Waals surface area contributed by atoms with Crippen LogP contribution in [-0.4, -0.2) is 25.2 Å². The molecule has 0 bridgehead atoms. The van der Waals surface area contributed by atoms with Crippen LogP contribution in [0.1, 0.15) is 104 Å². The van der Waals surface area contributed by atoms with Crippen LogP contribution in [0.25, 0.3) is 0 Å². The van der Waals surface area contributed by atoms with Gasteiger partial charge >= 0.3 is 11.9 Å². The van der Waals surface area contributed by atoms with E-state index >= 15 is 0 Å². The Morgan fingerprint density at radius 1 is 0.600 bits per heavy atom. The van der Waals surface area contributed by atoms with Gasteiger partial charge in [-0.15, -0.1) is 13.2 Å². The third-order valence-corrected chi connectivity index (χ3v) is 5.59. The Balaban J connectivity index is 3.71. The van der Waals surface area contributed by atoms with Gasteiger partial charge in [0.15, 0.2) is 0 Å². The number of carbonyl (C=O) groups is 2. The third kappa shape index (κ3) is 16.2. The number of esters is 2. The molecule has 0 spiro atoms. The first-order valence-electron chi connectivity index (χ1n) is 12.1. The molecule has 0 aliphatic carbocycles. The minimum absolute atomic E-state index is 0.301. The van der Waals surface area contributed by atoms with Gasteiger partial charge in [0.2, 0.25) is 0 Å². The van der Waals surface area contributed by atoms with E-state index in [1.165, 1.54) is 51.4 Å². The molecule has 0 heterocycles. The van der Waals surface area contributed by atoms with Crippen LogP contribution in [0.3, 0.4) is 0 Å². The molecule has 174 valence electrons. The number of unbranched alkanes of at least 4 members (excludes halogenated alkanes) is 12. The van der Waals surface area contributed by atoms with E-state index in [1.54, 1.807) is 13.8 Å². The van der Waals surface area contributed by atoms with Gasteiger partial charge in [-0.25, -0.2) is 0 Å². The van der Waals surface area contributed by atoms with Crippen molar-refractivity contribution in [2.24, 2.45) is 11.8 Å². The van der Waals surface area contributed by atoms with Crippen molar-refractivity contribution >= 4 is 11.9 Å². The molecule has 0 aliphatic rings. The SMILES string of the molecule is C=CCCCCCCCCOC(=O)[C@@H](C)[C@@H](C)C(=O)OCCCCCCCCC=C. The summed E-state index contributed by atoms with van der Waals surface area (Å²) in [5.41, 5.74) is 0. The molecule has 0 aromatic carbocycles. The van der Waals surface area contributed by atoms with Crippen LogP contribution in [-0.2, 0) is 19.1 Å². The molecule has 2 atom stereocenters. The van der Waals surface area contributed by atoms with E-state index in [4.69, 9.17) is 9.47 Å². The molecule has 0 rings (SSSR count). The van der Waals surface area contributed by atoms with Gasteiger partial charge in [-0.3, -0.25) is 9.59 Å². The fourth-order valence-electron chi connectivity index (χ4n) is 3.21. The van der Waals surface area contributed by atoms with Crippen LogP contribution < -0.4 is 0 Å². The summed E-state index contributed by atoms with van der Waals surface area (Å²) in [6.45, 7) is 11.8. The van der Waals surface area contributed by atoms with Crippen molar-refractivity contribution < 1.29 is 19.1 Å². The number of ether oxygens (including phenoxy) is 2. The Labute approximate surface area is 185 Å². The fraction of sp³-hybridized carbons (Fsp3) is 0.769. The van der Waals surface area contributed by atoms with Crippen molar-refractivity contribution in [1.82, 2.24) is 0 Å². The largest absolute Gasteiger partial charge is 0.465 e. The maximum absolute atomic E-state index is 12.2. The Morgan fingerprint density at radius 3 is 1.23 bits per heavy atom. The van der Waals surface area contributed by atoms with Gasteiger partial charge in [0.1, 0.15) is 0 Å². The lowest BCUT2D eigenvalue weighted by atomic mass is 9.96. The Bertz CT molecular complexity index is 416. The summed E-state index contributed by atoms with van der Waals surface area (Å²) in [6.07, 6.45) is 19.7. The van der Waals surface area contributed by atoms with Crippen molar-refractivity contribution in [2.75, 3.05) is 13.2 Å². The highest BCUT2D eigenvalue weighted by Gasteiger charge is 2.28. The molecule has 0 aliphatic heterocycles. The molecule has 0 radical (unpaired) electrons. The highest BCUT2D eigenvalue weighted by Crippen LogP contribution is 2.16. The smallest absolute Gasteiger partial charge is 0.309 e. The van der Waals surface area contributed by atoms with Crippen molar-refractivity contribution in [1.29, 1.82) is 0 Å². The summed E-state index contributed by atoms with van der Waals surface area (Å²) < 4.78 is 10.7. The predicted octanol–water partition coefficient (Wildman–Crippen LogP) is 7.18. The molecule has 0 aromatic rings. The second-order valence-electron chi connectivity index (χ2n) is 8.31. The van der Waals surface area contributed by atoms with E-state index in [-0.39, 0.29) is 11.9 Å². The number of rotatable bonds is 21.